The molecule has 0 aliphatic rings. The molecule has 2 aromatic carbocycles. The molecule has 2 rings (SSSR count). The zero-order valence-electron chi connectivity index (χ0n) is 16.6. The number of allylic oxidation sites excluding steroid dienone is 2. The van der Waals surface area contributed by atoms with E-state index in [0.717, 1.165) is 48.6 Å². The Labute approximate surface area is 168 Å². The van der Waals surface area contributed by atoms with Crippen LogP contribution < -0.4 is 9.47 Å². The second kappa shape index (κ2) is 13.1. The minimum atomic E-state index is 0.808. The summed E-state index contributed by atoms with van der Waals surface area (Å²) in [5.74, 6) is 1.73. The van der Waals surface area contributed by atoms with Gasteiger partial charge >= 0.3 is 0 Å². The van der Waals surface area contributed by atoms with Gasteiger partial charge in [-0.25, -0.2) is 0 Å². The van der Waals surface area contributed by atoms with Gasteiger partial charge in [-0.15, -0.1) is 0 Å². The Morgan fingerprint density at radius 1 is 0.679 bits per heavy atom. The molecule has 0 amide bonds. The number of benzene rings is 2. The summed E-state index contributed by atoms with van der Waals surface area (Å²) in [6, 6.07) is 15.8. The van der Waals surface area contributed by atoms with E-state index in [1.54, 1.807) is 14.2 Å². The van der Waals surface area contributed by atoms with Crippen LogP contribution in [-0.4, -0.2) is 39.7 Å². The molecule has 0 fully saturated rings. The summed E-state index contributed by atoms with van der Waals surface area (Å²) in [6.45, 7) is 1.62. The van der Waals surface area contributed by atoms with E-state index in [1.165, 1.54) is 0 Å². The first kappa shape index (κ1) is 21.2. The first-order chi connectivity index (χ1) is 13.8. The van der Waals surface area contributed by atoms with E-state index in [9.17, 15) is 0 Å². The van der Waals surface area contributed by atoms with Crippen molar-refractivity contribution in [2.75, 3.05) is 27.3 Å². The van der Waals surface area contributed by atoms with Crippen molar-refractivity contribution in [3.63, 3.8) is 0 Å². The molecule has 0 radical (unpaired) electrons. The Morgan fingerprint density at radius 3 is 1.54 bits per heavy atom. The normalized spacial score (nSPS) is 11.9. The zero-order valence-corrected chi connectivity index (χ0v) is 16.6. The molecule has 0 heterocycles. The molecule has 2 aromatic rings. The molecule has 0 saturated carbocycles. The largest absolute Gasteiger partial charge is 0.496 e. The number of unbranched alkanes of at least 4 members (excludes halogenated alkanes) is 1. The summed E-state index contributed by atoms with van der Waals surface area (Å²) >= 11 is 0. The number of methoxy groups -OCH3 is 2. The minimum absolute atomic E-state index is 0.808. The number of hydrogen-bond donors (Lipinski definition) is 0. The van der Waals surface area contributed by atoms with Gasteiger partial charge in [0.1, 0.15) is 11.5 Å². The lowest BCUT2D eigenvalue weighted by molar-refractivity contribution is 0.414. The van der Waals surface area contributed by atoms with E-state index < -0.39 is 0 Å². The quantitative estimate of drug-likeness (QED) is 0.392. The molecule has 4 nitrogen and oxygen atoms in total. The molecule has 0 saturated heterocycles. The van der Waals surface area contributed by atoms with Gasteiger partial charge in [-0.3, -0.25) is 9.98 Å². The van der Waals surface area contributed by atoms with E-state index in [1.807, 2.05) is 85.3 Å². The molecular formula is C24H28N2O2. The van der Waals surface area contributed by atoms with Crippen molar-refractivity contribution in [1.82, 2.24) is 0 Å². The lowest BCUT2D eigenvalue weighted by Gasteiger charge is -2.02. The zero-order chi connectivity index (χ0) is 19.9. The summed E-state index contributed by atoms with van der Waals surface area (Å²) in [7, 11) is 3.36. The van der Waals surface area contributed by atoms with Gasteiger partial charge in [0.05, 0.1) is 14.2 Å². The van der Waals surface area contributed by atoms with E-state index in [-0.39, 0.29) is 0 Å². The van der Waals surface area contributed by atoms with Gasteiger partial charge in [0.2, 0.25) is 0 Å². The second-order valence-corrected chi connectivity index (χ2v) is 6.02. The van der Waals surface area contributed by atoms with Crippen LogP contribution >= 0.6 is 0 Å². The lowest BCUT2D eigenvalue weighted by atomic mass is 10.2. The van der Waals surface area contributed by atoms with Crippen LogP contribution in [0, 0.1) is 0 Å². The van der Waals surface area contributed by atoms with Crippen LogP contribution in [0.3, 0.4) is 0 Å². The minimum Gasteiger partial charge on any atom is -0.496 e. The van der Waals surface area contributed by atoms with Crippen molar-refractivity contribution in [2.24, 2.45) is 9.98 Å². The topological polar surface area (TPSA) is 43.2 Å². The summed E-state index contributed by atoms with van der Waals surface area (Å²) in [4.78, 5) is 8.80. The fourth-order valence-corrected chi connectivity index (χ4v) is 2.58. The van der Waals surface area contributed by atoms with Crippen molar-refractivity contribution in [1.29, 1.82) is 0 Å². The number of hydrogen-bond acceptors (Lipinski definition) is 4. The summed E-state index contributed by atoms with van der Waals surface area (Å²) in [6.07, 6.45) is 13.6. The van der Waals surface area contributed by atoms with Gasteiger partial charge in [0, 0.05) is 36.6 Å². The third kappa shape index (κ3) is 7.62. The van der Waals surface area contributed by atoms with Crippen LogP contribution in [0.2, 0.25) is 0 Å². The Hall–Kier alpha value is -3.14. The average molecular weight is 377 g/mol. The summed E-state index contributed by atoms with van der Waals surface area (Å²) in [5.41, 5.74) is 2.10. The number of para-hydroxylation sites is 2. The Balaban J connectivity index is 1.61. The Kier molecular flexibility index (Phi) is 9.90. The predicted octanol–water partition coefficient (Wildman–Crippen LogP) is 5.35. The molecule has 146 valence electrons. The fraction of sp³-hybridized carbons (Fsp3) is 0.250. The highest BCUT2D eigenvalue weighted by Crippen LogP contribution is 2.19. The van der Waals surface area contributed by atoms with Crippen molar-refractivity contribution < 1.29 is 9.47 Å². The first-order valence-corrected chi connectivity index (χ1v) is 9.44. The fourth-order valence-electron chi connectivity index (χ4n) is 2.58. The van der Waals surface area contributed by atoms with Gasteiger partial charge in [-0.1, -0.05) is 36.4 Å². The highest BCUT2D eigenvalue weighted by molar-refractivity contribution is 5.79. The van der Waals surface area contributed by atoms with Crippen molar-refractivity contribution in [2.45, 2.75) is 12.8 Å². The molecule has 28 heavy (non-hydrogen) atoms. The highest BCUT2D eigenvalue weighted by atomic mass is 16.5. The third-order valence-electron chi connectivity index (χ3n) is 4.04. The van der Waals surface area contributed by atoms with Crippen LogP contribution in [0.25, 0.3) is 12.2 Å². The number of aliphatic imine (C=N–C) groups is 2. The summed E-state index contributed by atoms with van der Waals surface area (Å²) < 4.78 is 10.6. The van der Waals surface area contributed by atoms with Crippen molar-refractivity contribution in [3.8, 4) is 11.5 Å². The molecule has 4 heteroatoms. The Morgan fingerprint density at radius 2 is 1.11 bits per heavy atom. The predicted molar refractivity (Wildman–Crippen MR) is 120 cm³/mol. The first-order valence-electron chi connectivity index (χ1n) is 9.44. The number of ether oxygens (including phenoxy) is 2. The number of nitrogens with zero attached hydrogens (tertiary/aromatic N) is 2. The number of rotatable bonds is 11. The molecular weight excluding hydrogens is 348 g/mol. The van der Waals surface area contributed by atoms with Gasteiger partial charge < -0.3 is 9.47 Å². The SMILES string of the molecule is COc1ccccc1/C=C/C=N\CCCC/N=C/C=C/c1ccccc1OC. The van der Waals surface area contributed by atoms with Crippen molar-refractivity contribution in [3.05, 3.63) is 71.8 Å². The molecule has 0 aliphatic carbocycles. The van der Waals surface area contributed by atoms with Crippen LogP contribution in [0.5, 0.6) is 11.5 Å². The molecule has 0 atom stereocenters. The molecule has 0 unspecified atom stereocenters. The molecule has 0 spiro atoms. The van der Waals surface area contributed by atoms with Gasteiger partial charge in [-0.2, -0.15) is 0 Å². The van der Waals surface area contributed by atoms with Crippen molar-refractivity contribution >= 4 is 24.6 Å². The Bertz CT molecular complexity index is 753. The summed E-state index contributed by atoms with van der Waals surface area (Å²) in [5, 5.41) is 0. The van der Waals surface area contributed by atoms with Crippen LogP contribution in [0.15, 0.2) is 70.7 Å². The van der Waals surface area contributed by atoms with Crippen LogP contribution in [-0.2, 0) is 0 Å². The average Bonchev–Trinajstić information content (AvgIpc) is 2.75. The monoisotopic (exact) mass is 376 g/mol. The van der Waals surface area contributed by atoms with E-state index >= 15 is 0 Å². The molecule has 0 aliphatic heterocycles. The maximum Gasteiger partial charge on any atom is 0.126 e. The lowest BCUT2D eigenvalue weighted by Crippen LogP contribution is -1.87. The highest BCUT2D eigenvalue weighted by Gasteiger charge is 1.96. The molecule has 0 aromatic heterocycles. The second-order valence-electron chi connectivity index (χ2n) is 6.02. The van der Waals surface area contributed by atoms with E-state index in [0.29, 0.717) is 0 Å². The maximum atomic E-state index is 5.31. The van der Waals surface area contributed by atoms with Gasteiger partial charge in [0.25, 0.3) is 0 Å². The molecule has 0 N–H and O–H groups in total. The third-order valence-corrected chi connectivity index (χ3v) is 4.04. The van der Waals surface area contributed by atoms with Crippen LogP contribution in [0.1, 0.15) is 24.0 Å². The standard InChI is InChI=1S/C24H28N2O2/c1-27-23-15-5-3-11-21(23)13-9-19-25-17-7-8-18-26-20-10-14-22-12-4-6-16-24(22)28-2/h3-6,9-16,19-20H,7-8,17-18H2,1-2H3/b13-9+,14-10+,25-19-,26-20+. The van der Waals surface area contributed by atoms with Crippen LogP contribution in [0.4, 0.5) is 0 Å². The molecule has 0 bridgehead atoms. The van der Waals surface area contributed by atoms with E-state index in [4.69, 9.17) is 9.47 Å². The van der Waals surface area contributed by atoms with Gasteiger partial charge in [-0.05, 0) is 49.3 Å². The van der Waals surface area contributed by atoms with Gasteiger partial charge in [0.15, 0.2) is 0 Å². The van der Waals surface area contributed by atoms with E-state index in [2.05, 4.69) is 9.98 Å². The smallest absolute Gasteiger partial charge is 0.126 e. The maximum absolute atomic E-state index is 5.31.